The van der Waals surface area contributed by atoms with Gasteiger partial charge in [0.1, 0.15) is 11.5 Å². The summed E-state index contributed by atoms with van der Waals surface area (Å²) >= 11 is 2.28. The summed E-state index contributed by atoms with van der Waals surface area (Å²) in [4.78, 5) is 0. The molecule has 48 heavy (non-hydrogen) atoms. The number of methoxy groups -OCH3 is 3. The maximum absolute atomic E-state index is 16.9. The lowest BCUT2D eigenvalue weighted by Gasteiger charge is -2.34. The molecule has 0 aliphatic carbocycles. The molecule has 6 nitrogen and oxygen atoms in total. The van der Waals surface area contributed by atoms with Gasteiger partial charge in [0.25, 0.3) is 0 Å². The van der Waals surface area contributed by atoms with E-state index in [0.29, 0.717) is 22.6 Å². The smallest absolute Gasteiger partial charge is 0.246 e. The Bertz CT molecular complexity index is 1620. The zero-order chi connectivity index (χ0) is 36.6. The Labute approximate surface area is 303 Å². The zero-order valence-corrected chi connectivity index (χ0v) is 35.2. The summed E-state index contributed by atoms with van der Waals surface area (Å²) < 4.78 is 48.5. The fourth-order valence-corrected chi connectivity index (χ4v) is 10.7. The minimum absolute atomic E-state index is 0.303. The maximum atomic E-state index is 16.9. The third-order valence-electron chi connectivity index (χ3n) is 8.89. The molecular weight excluding hydrogens is 734 g/mol. The largest absolute Gasteiger partial charge is 0.496 e. The highest BCUT2D eigenvalue weighted by Gasteiger charge is 2.44. The van der Waals surface area contributed by atoms with Gasteiger partial charge in [-0.2, -0.15) is 0 Å². The standard InChI is InChI=1S/C40H56IO6P/c1-36(2,3)25-18-23(19-26(32(25)44-16)37(4,5)6)48(42,30-22-29(43-15)34-35(31(30)41)47-40(13,14)46-34)24-20-27(38(7,8)9)33(45-17)28(21-24)39(10,11)12/h18-22H,1-17H3. The molecule has 1 aliphatic rings. The van der Waals surface area contributed by atoms with Crippen LogP contribution in [-0.4, -0.2) is 27.1 Å². The summed E-state index contributed by atoms with van der Waals surface area (Å²) in [6.07, 6.45) is 0. The van der Waals surface area contributed by atoms with Crippen LogP contribution in [0.3, 0.4) is 0 Å². The summed E-state index contributed by atoms with van der Waals surface area (Å²) in [7, 11) is 1.35. The zero-order valence-electron chi connectivity index (χ0n) is 32.2. The molecule has 8 heteroatoms. The van der Waals surface area contributed by atoms with E-state index in [0.717, 1.165) is 47.9 Å². The molecule has 0 radical (unpaired) electrons. The molecule has 4 rings (SSSR count). The predicted molar refractivity (Wildman–Crippen MR) is 208 cm³/mol. The van der Waals surface area contributed by atoms with Gasteiger partial charge < -0.3 is 28.2 Å². The maximum Gasteiger partial charge on any atom is 0.246 e. The average molecular weight is 791 g/mol. The molecular formula is C40H56IO6P. The monoisotopic (exact) mass is 790 g/mol. The molecule has 3 aromatic rings. The van der Waals surface area contributed by atoms with Crippen LogP contribution in [0.1, 0.15) is 119 Å². The lowest BCUT2D eigenvalue weighted by Crippen LogP contribution is -2.32. The van der Waals surface area contributed by atoms with Gasteiger partial charge in [0, 0.05) is 52.0 Å². The van der Waals surface area contributed by atoms with Gasteiger partial charge in [-0.3, -0.25) is 0 Å². The topological polar surface area (TPSA) is 63.2 Å². The van der Waals surface area contributed by atoms with Crippen molar-refractivity contribution in [3.8, 4) is 28.7 Å². The van der Waals surface area contributed by atoms with E-state index in [1.54, 1.807) is 21.3 Å². The van der Waals surface area contributed by atoms with Crippen LogP contribution < -0.4 is 39.6 Å². The van der Waals surface area contributed by atoms with Gasteiger partial charge in [0.15, 0.2) is 18.6 Å². The van der Waals surface area contributed by atoms with Crippen LogP contribution in [0.15, 0.2) is 30.3 Å². The van der Waals surface area contributed by atoms with Crippen LogP contribution >= 0.6 is 29.7 Å². The minimum atomic E-state index is -3.71. The molecule has 0 unspecified atom stereocenters. The number of hydrogen-bond donors (Lipinski definition) is 0. The second-order valence-electron chi connectivity index (χ2n) is 17.4. The fourth-order valence-electron chi connectivity index (χ4n) is 6.35. The van der Waals surface area contributed by atoms with Gasteiger partial charge in [-0.15, -0.1) is 0 Å². The van der Waals surface area contributed by atoms with E-state index in [1.807, 2.05) is 19.9 Å². The summed E-state index contributed by atoms with van der Waals surface area (Å²) in [6.45, 7) is 29.8. The van der Waals surface area contributed by atoms with Gasteiger partial charge in [-0.1, -0.05) is 83.1 Å². The first-order chi connectivity index (χ1) is 21.7. The Kier molecular flexibility index (Phi) is 9.96. The van der Waals surface area contributed by atoms with Crippen LogP contribution in [0, 0.1) is 3.57 Å². The molecule has 0 aromatic heterocycles. The van der Waals surface area contributed by atoms with E-state index >= 15 is 4.57 Å². The van der Waals surface area contributed by atoms with Crippen LogP contribution in [0.25, 0.3) is 0 Å². The van der Waals surface area contributed by atoms with Gasteiger partial charge in [0.2, 0.25) is 11.5 Å². The Morgan fingerprint density at radius 1 is 0.583 bits per heavy atom. The van der Waals surface area contributed by atoms with Crippen molar-refractivity contribution >= 4 is 45.6 Å². The molecule has 1 aliphatic heterocycles. The number of hydrogen-bond acceptors (Lipinski definition) is 6. The molecule has 264 valence electrons. The molecule has 1 heterocycles. The molecule has 0 bridgehead atoms. The first kappa shape index (κ1) is 38.4. The summed E-state index contributed by atoms with van der Waals surface area (Å²) in [6, 6.07) is 10.3. The van der Waals surface area contributed by atoms with Crippen molar-refractivity contribution < 1.29 is 28.2 Å². The second-order valence-corrected chi connectivity index (χ2v) is 21.2. The highest BCUT2D eigenvalue weighted by atomic mass is 127. The molecule has 0 saturated heterocycles. The van der Waals surface area contributed by atoms with E-state index in [1.165, 1.54) is 0 Å². The first-order valence-corrected chi connectivity index (χ1v) is 19.4. The first-order valence-electron chi connectivity index (χ1n) is 16.6. The highest BCUT2D eigenvalue weighted by molar-refractivity contribution is 14.1. The van der Waals surface area contributed by atoms with Crippen LogP contribution in [0.2, 0.25) is 0 Å². The Morgan fingerprint density at radius 2 is 0.917 bits per heavy atom. The highest BCUT2D eigenvalue weighted by Crippen LogP contribution is 2.55. The Hall–Kier alpha value is -2.38. The van der Waals surface area contributed by atoms with Gasteiger partial charge in [-0.05, 0) is 74.6 Å². The Balaban J connectivity index is 2.34. The van der Waals surface area contributed by atoms with Crippen molar-refractivity contribution in [2.24, 2.45) is 0 Å². The second kappa shape index (κ2) is 12.4. The molecule has 0 saturated carbocycles. The molecule has 3 aromatic carbocycles. The van der Waals surface area contributed by atoms with E-state index in [4.69, 9.17) is 23.7 Å². The summed E-state index contributed by atoms with van der Waals surface area (Å²) in [5, 5.41) is 2.08. The lowest BCUT2D eigenvalue weighted by molar-refractivity contribution is -0.0442. The van der Waals surface area contributed by atoms with Crippen LogP contribution in [-0.2, 0) is 26.2 Å². The number of fused-ring (bicyclic) bond motifs is 1. The van der Waals surface area contributed by atoms with Crippen molar-refractivity contribution in [2.75, 3.05) is 21.3 Å². The van der Waals surface area contributed by atoms with Crippen molar-refractivity contribution in [3.63, 3.8) is 0 Å². The lowest BCUT2D eigenvalue weighted by atomic mass is 9.79. The van der Waals surface area contributed by atoms with E-state index in [2.05, 4.69) is 130 Å². The van der Waals surface area contributed by atoms with E-state index < -0.39 is 12.9 Å². The number of benzene rings is 3. The van der Waals surface area contributed by atoms with Gasteiger partial charge >= 0.3 is 0 Å². The molecule has 0 spiro atoms. The minimum Gasteiger partial charge on any atom is -0.496 e. The SMILES string of the molecule is COc1cc(P(=O)(c2cc(C(C)(C)C)c(OC)c(C(C)(C)C)c2)c2cc(C(C)(C)C)c(OC)c(C(C)(C)C)c2)c(I)c2c1OC(C)(C)O2. The summed E-state index contributed by atoms with van der Waals surface area (Å²) in [5.41, 5.74) is 2.78. The van der Waals surface area contributed by atoms with Crippen LogP contribution in [0.4, 0.5) is 0 Å². The third-order valence-corrected chi connectivity index (χ3v) is 13.4. The third kappa shape index (κ3) is 6.84. The quantitative estimate of drug-likeness (QED) is 0.183. The van der Waals surface area contributed by atoms with E-state index in [9.17, 15) is 0 Å². The van der Waals surface area contributed by atoms with Crippen molar-refractivity contribution in [3.05, 3.63) is 56.2 Å². The average Bonchev–Trinajstić information content (AvgIpc) is 3.29. The fraction of sp³-hybridized carbons (Fsp3) is 0.550. The number of rotatable bonds is 6. The number of halogens is 1. The van der Waals surface area contributed by atoms with Gasteiger partial charge in [0.05, 0.1) is 24.9 Å². The Morgan fingerprint density at radius 3 is 1.21 bits per heavy atom. The molecule has 0 amide bonds. The normalized spacial score (nSPS) is 15.0. The molecule has 0 N–H and O–H groups in total. The van der Waals surface area contributed by atoms with Gasteiger partial charge in [-0.25, -0.2) is 0 Å². The summed E-state index contributed by atoms with van der Waals surface area (Å²) in [5.74, 6) is 2.28. The van der Waals surface area contributed by atoms with Crippen LogP contribution in [0.5, 0.6) is 28.7 Å². The number of ether oxygens (including phenoxy) is 5. The molecule has 0 fully saturated rings. The predicted octanol–water partition coefficient (Wildman–Crippen LogP) is 9.65. The van der Waals surface area contributed by atoms with Crippen molar-refractivity contribution in [1.82, 2.24) is 0 Å². The van der Waals surface area contributed by atoms with Crippen molar-refractivity contribution in [1.29, 1.82) is 0 Å². The van der Waals surface area contributed by atoms with Crippen molar-refractivity contribution in [2.45, 2.75) is 124 Å². The van der Waals surface area contributed by atoms with E-state index in [-0.39, 0.29) is 21.7 Å². The molecule has 0 atom stereocenters.